The quantitative estimate of drug-likeness (QED) is 0.261. The Kier molecular flexibility index (Phi) is 11.3. The summed E-state index contributed by atoms with van der Waals surface area (Å²) in [5.74, 6) is 0. The minimum atomic E-state index is -0.541. The highest BCUT2D eigenvalue weighted by molar-refractivity contribution is 6.02. The minimum Gasteiger partial charge on any atom is -0.377 e. The molecule has 0 aromatic heterocycles. The van der Waals surface area contributed by atoms with E-state index >= 15 is 0 Å². The molecule has 1 fully saturated rings. The lowest BCUT2D eigenvalue weighted by molar-refractivity contribution is -0.0564. The molecule has 1 atom stereocenters. The number of benzene rings is 3. The maximum absolute atomic E-state index is 12.6. The number of rotatable bonds is 6. The number of ether oxygens (including phenoxy) is 6. The Labute approximate surface area is 244 Å². The maximum atomic E-state index is 12.6. The zero-order valence-corrected chi connectivity index (χ0v) is 23.7. The molecule has 5 rings (SSSR count). The predicted octanol–water partition coefficient (Wildman–Crippen LogP) is 3.09. The molecule has 1 aliphatic heterocycles. The third-order valence-corrected chi connectivity index (χ3v) is 7.11. The van der Waals surface area contributed by atoms with Crippen molar-refractivity contribution in [2.24, 2.45) is 0 Å². The number of hydrogen-bond donors (Lipinski definition) is 2. The van der Waals surface area contributed by atoms with Crippen LogP contribution in [0.3, 0.4) is 0 Å². The average Bonchev–Trinajstić information content (AvgIpc) is 3.02. The lowest BCUT2D eigenvalue weighted by atomic mass is 9.96. The normalized spacial score (nSPS) is 18.9. The topological polar surface area (TPSA) is 114 Å². The van der Waals surface area contributed by atoms with Crippen LogP contribution in [0.2, 0.25) is 0 Å². The molecule has 10 nitrogen and oxygen atoms in total. The number of nitrogens with one attached hydrogen (secondary N) is 2. The summed E-state index contributed by atoms with van der Waals surface area (Å²) in [4.78, 5) is 25.1. The first-order chi connectivity index (χ1) is 20.7. The van der Waals surface area contributed by atoms with E-state index in [-0.39, 0.29) is 30.6 Å². The molecule has 0 bridgehead atoms. The fraction of sp³-hybridized carbons (Fsp3) is 0.438. The van der Waals surface area contributed by atoms with E-state index in [9.17, 15) is 9.59 Å². The molecule has 0 spiro atoms. The van der Waals surface area contributed by atoms with E-state index in [2.05, 4.69) is 41.0 Å². The molecule has 0 aliphatic carbocycles. The van der Waals surface area contributed by atoms with Gasteiger partial charge < -0.3 is 39.1 Å². The van der Waals surface area contributed by atoms with Gasteiger partial charge in [0, 0.05) is 13.1 Å². The molecular formula is C32H38N2O8. The SMILES string of the molecule is O=c1c(NCc2c3ccccc3cc3ccccc23)c(NC[C@H]2COCCOCCOCCOCCOCCO2)c1=O. The van der Waals surface area contributed by atoms with E-state index in [0.29, 0.717) is 72.6 Å². The molecule has 224 valence electrons. The summed E-state index contributed by atoms with van der Waals surface area (Å²) < 4.78 is 33.8. The fourth-order valence-electron chi connectivity index (χ4n) is 4.95. The van der Waals surface area contributed by atoms with Gasteiger partial charge in [-0.15, -0.1) is 0 Å². The highest BCUT2D eigenvalue weighted by Gasteiger charge is 2.22. The van der Waals surface area contributed by atoms with Gasteiger partial charge in [-0.05, 0) is 33.2 Å². The molecule has 42 heavy (non-hydrogen) atoms. The third-order valence-electron chi connectivity index (χ3n) is 7.11. The molecule has 2 N–H and O–H groups in total. The van der Waals surface area contributed by atoms with Crippen molar-refractivity contribution in [1.29, 1.82) is 0 Å². The van der Waals surface area contributed by atoms with Crippen LogP contribution in [0.1, 0.15) is 5.56 Å². The Morgan fingerprint density at radius 1 is 0.595 bits per heavy atom. The van der Waals surface area contributed by atoms with Crippen molar-refractivity contribution in [2.75, 3.05) is 89.9 Å². The van der Waals surface area contributed by atoms with Crippen molar-refractivity contribution in [3.63, 3.8) is 0 Å². The molecule has 1 aliphatic rings. The minimum absolute atomic E-state index is 0.268. The summed E-state index contributed by atoms with van der Waals surface area (Å²) in [7, 11) is 0. The average molecular weight is 579 g/mol. The van der Waals surface area contributed by atoms with Crippen LogP contribution >= 0.6 is 0 Å². The Hall–Kier alpha value is -3.38. The zero-order chi connectivity index (χ0) is 29.0. The summed E-state index contributed by atoms with van der Waals surface area (Å²) in [5, 5.41) is 10.8. The van der Waals surface area contributed by atoms with Crippen LogP contribution in [-0.2, 0) is 35.0 Å². The van der Waals surface area contributed by atoms with Gasteiger partial charge in [0.2, 0.25) is 0 Å². The van der Waals surface area contributed by atoms with Crippen LogP contribution in [0.4, 0.5) is 11.4 Å². The largest absolute Gasteiger partial charge is 0.377 e. The van der Waals surface area contributed by atoms with Crippen molar-refractivity contribution in [3.05, 3.63) is 80.6 Å². The standard InChI is InChI=1S/C32H38N2O8/c35-31-29(33-20-25-22-41-16-15-39-12-11-37-9-10-38-13-14-40-17-18-42-25)30(32(31)36)34-21-28-26-7-3-1-5-23(26)19-24-6-2-4-8-27(24)28/h1-8,19,25,33-34H,9-18,20-22H2/t25-/m0/s1. The monoisotopic (exact) mass is 578 g/mol. The second-order valence-corrected chi connectivity index (χ2v) is 9.96. The molecule has 0 amide bonds. The third kappa shape index (κ3) is 7.91. The first kappa shape index (κ1) is 30.1. The van der Waals surface area contributed by atoms with E-state index in [0.717, 1.165) is 27.1 Å². The van der Waals surface area contributed by atoms with Crippen molar-refractivity contribution in [2.45, 2.75) is 12.6 Å². The van der Waals surface area contributed by atoms with Crippen LogP contribution in [0.5, 0.6) is 0 Å². The molecule has 0 saturated carbocycles. The van der Waals surface area contributed by atoms with Crippen LogP contribution in [0, 0.1) is 0 Å². The van der Waals surface area contributed by atoms with E-state index in [1.54, 1.807) is 0 Å². The van der Waals surface area contributed by atoms with Gasteiger partial charge >= 0.3 is 0 Å². The van der Waals surface area contributed by atoms with E-state index in [1.165, 1.54) is 0 Å². The summed E-state index contributed by atoms with van der Waals surface area (Å²) in [6.07, 6.45) is -0.369. The Morgan fingerprint density at radius 2 is 1.07 bits per heavy atom. The summed E-state index contributed by atoms with van der Waals surface area (Å²) in [6.45, 7) is 5.45. The van der Waals surface area contributed by atoms with E-state index in [1.807, 2.05) is 24.3 Å². The molecule has 0 unspecified atom stereocenters. The van der Waals surface area contributed by atoms with E-state index < -0.39 is 10.9 Å². The van der Waals surface area contributed by atoms with Gasteiger partial charge in [-0.1, -0.05) is 48.5 Å². The Balaban J connectivity index is 1.21. The first-order valence-corrected chi connectivity index (χ1v) is 14.4. The van der Waals surface area contributed by atoms with Crippen molar-refractivity contribution in [1.82, 2.24) is 0 Å². The fourth-order valence-corrected chi connectivity index (χ4v) is 4.95. The second kappa shape index (κ2) is 15.7. The van der Waals surface area contributed by atoms with Crippen molar-refractivity contribution >= 4 is 32.9 Å². The van der Waals surface area contributed by atoms with Crippen molar-refractivity contribution in [3.8, 4) is 0 Å². The summed E-state index contributed by atoms with van der Waals surface area (Å²) in [5.41, 5.74) is 0.560. The molecular weight excluding hydrogens is 540 g/mol. The smallest absolute Gasteiger partial charge is 0.253 e. The van der Waals surface area contributed by atoms with Crippen LogP contribution in [0.25, 0.3) is 21.5 Å². The number of hydrogen-bond acceptors (Lipinski definition) is 10. The van der Waals surface area contributed by atoms with Gasteiger partial charge in [-0.2, -0.15) is 0 Å². The Morgan fingerprint density at radius 3 is 1.64 bits per heavy atom. The van der Waals surface area contributed by atoms with Gasteiger partial charge in [0.05, 0.1) is 78.8 Å². The molecule has 1 heterocycles. The van der Waals surface area contributed by atoms with E-state index in [4.69, 9.17) is 28.4 Å². The molecule has 1 saturated heterocycles. The van der Waals surface area contributed by atoms with Gasteiger partial charge in [-0.25, -0.2) is 0 Å². The molecule has 4 aromatic carbocycles. The highest BCUT2D eigenvalue weighted by Crippen LogP contribution is 2.29. The van der Waals surface area contributed by atoms with Gasteiger partial charge in [0.25, 0.3) is 10.9 Å². The summed E-state index contributed by atoms with van der Waals surface area (Å²) in [6, 6.07) is 18.5. The molecule has 0 radical (unpaired) electrons. The second-order valence-electron chi connectivity index (χ2n) is 9.96. The number of anilines is 2. The highest BCUT2D eigenvalue weighted by atomic mass is 16.6. The predicted molar refractivity (Wildman–Crippen MR) is 162 cm³/mol. The molecule has 4 aromatic rings. The first-order valence-electron chi connectivity index (χ1n) is 14.4. The molecule has 10 heteroatoms. The van der Waals surface area contributed by atoms with Crippen LogP contribution < -0.4 is 21.5 Å². The maximum Gasteiger partial charge on any atom is 0.253 e. The van der Waals surface area contributed by atoms with Gasteiger partial charge in [-0.3, -0.25) is 9.59 Å². The van der Waals surface area contributed by atoms with Crippen molar-refractivity contribution < 1.29 is 28.4 Å². The van der Waals surface area contributed by atoms with Gasteiger partial charge in [0.15, 0.2) is 0 Å². The lowest BCUT2D eigenvalue weighted by Crippen LogP contribution is -2.40. The Bertz CT molecular complexity index is 1430. The number of fused-ring (bicyclic) bond motifs is 2. The zero-order valence-electron chi connectivity index (χ0n) is 23.7. The lowest BCUT2D eigenvalue weighted by Gasteiger charge is -2.21. The summed E-state index contributed by atoms with van der Waals surface area (Å²) >= 11 is 0. The van der Waals surface area contributed by atoms with Crippen LogP contribution in [-0.4, -0.2) is 85.3 Å². The van der Waals surface area contributed by atoms with Gasteiger partial charge in [0.1, 0.15) is 11.4 Å². The van der Waals surface area contributed by atoms with Crippen LogP contribution in [0.15, 0.2) is 64.2 Å².